The zero-order chi connectivity index (χ0) is 21.8. The number of ether oxygens (including phenoxy) is 5. The van der Waals surface area contributed by atoms with Crippen molar-refractivity contribution in [2.24, 2.45) is 5.10 Å². The van der Waals surface area contributed by atoms with E-state index in [1.807, 2.05) is 12.1 Å². The molecule has 0 aliphatic carbocycles. The van der Waals surface area contributed by atoms with Crippen molar-refractivity contribution in [2.45, 2.75) is 19.8 Å². The standard InChI is InChI=1S/C22H28N2O6/c1-5-6-13-29-17-8-10-18(11-9-17)30-15-20(25)24-23-14-16-7-12-19(26-2)22(28-4)21(16)27-3/h7-12,14H,5-6,13,15H2,1-4H3,(H,24,25). The van der Waals surface area contributed by atoms with Gasteiger partial charge in [-0.25, -0.2) is 5.43 Å². The second-order valence-corrected chi connectivity index (χ2v) is 6.18. The number of unbranched alkanes of at least 4 members (excludes halogenated alkanes) is 1. The third kappa shape index (κ3) is 6.58. The van der Waals surface area contributed by atoms with Crippen molar-refractivity contribution in [2.75, 3.05) is 34.5 Å². The van der Waals surface area contributed by atoms with Gasteiger partial charge in [0.1, 0.15) is 11.5 Å². The maximum absolute atomic E-state index is 12.0. The zero-order valence-corrected chi connectivity index (χ0v) is 17.8. The number of nitrogens with one attached hydrogen (secondary N) is 1. The predicted octanol–water partition coefficient (Wildman–Crippen LogP) is 3.42. The van der Waals surface area contributed by atoms with Crippen LogP contribution in [0.15, 0.2) is 41.5 Å². The minimum atomic E-state index is -0.394. The van der Waals surface area contributed by atoms with Crippen LogP contribution in [-0.2, 0) is 4.79 Å². The largest absolute Gasteiger partial charge is 0.494 e. The Morgan fingerprint density at radius 1 is 0.933 bits per heavy atom. The van der Waals surface area contributed by atoms with Gasteiger partial charge in [0.2, 0.25) is 5.75 Å². The van der Waals surface area contributed by atoms with Gasteiger partial charge in [0, 0.05) is 5.56 Å². The molecule has 30 heavy (non-hydrogen) atoms. The summed E-state index contributed by atoms with van der Waals surface area (Å²) in [5.74, 6) is 2.38. The van der Waals surface area contributed by atoms with Gasteiger partial charge < -0.3 is 23.7 Å². The average molecular weight is 416 g/mol. The molecule has 1 N–H and O–H groups in total. The molecule has 0 heterocycles. The molecule has 162 valence electrons. The van der Waals surface area contributed by atoms with E-state index in [4.69, 9.17) is 23.7 Å². The van der Waals surface area contributed by atoms with Gasteiger partial charge >= 0.3 is 0 Å². The van der Waals surface area contributed by atoms with E-state index in [-0.39, 0.29) is 6.61 Å². The van der Waals surface area contributed by atoms with Crippen LogP contribution in [0.1, 0.15) is 25.3 Å². The average Bonchev–Trinajstić information content (AvgIpc) is 2.78. The number of hydrogen-bond donors (Lipinski definition) is 1. The summed E-state index contributed by atoms with van der Waals surface area (Å²) in [4.78, 5) is 12.0. The summed E-state index contributed by atoms with van der Waals surface area (Å²) >= 11 is 0. The molecule has 0 aromatic heterocycles. The lowest BCUT2D eigenvalue weighted by Crippen LogP contribution is -2.24. The number of benzene rings is 2. The number of nitrogens with zero attached hydrogens (tertiary/aromatic N) is 1. The minimum absolute atomic E-state index is 0.170. The first-order chi connectivity index (χ1) is 14.6. The third-order valence-electron chi connectivity index (χ3n) is 4.09. The molecule has 0 fully saturated rings. The van der Waals surface area contributed by atoms with Gasteiger partial charge in [0.25, 0.3) is 5.91 Å². The highest BCUT2D eigenvalue weighted by molar-refractivity contribution is 5.87. The van der Waals surface area contributed by atoms with Crippen LogP contribution in [0.3, 0.4) is 0 Å². The van der Waals surface area contributed by atoms with Gasteiger partial charge in [-0.1, -0.05) is 13.3 Å². The van der Waals surface area contributed by atoms with Crippen molar-refractivity contribution in [3.05, 3.63) is 42.0 Å². The summed E-state index contributed by atoms with van der Waals surface area (Å²) in [6, 6.07) is 10.6. The maximum Gasteiger partial charge on any atom is 0.277 e. The van der Waals surface area contributed by atoms with Crippen LogP contribution in [0.4, 0.5) is 0 Å². The van der Waals surface area contributed by atoms with Crippen molar-refractivity contribution in [1.29, 1.82) is 0 Å². The summed E-state index contributed by atoms with van der Waals surface area (Å²) in [6.45, 7) is 2.62. The predicted molar refractivity (Wildman–Crippen MR) is 114 cm³/mol. The minimum Gasteiger partial charge on any atom is -0.494 e. The first-order valence-electron chi connectivity index (χ1n) is 9.59. The molecule has 0 radical (unpaired) electrons. The molecule has 0 saturated carbocycles. The van der Waals surface area contributed by atoms with Crippen molar-refractivity contribution >= 4 is 12.1 Å². The molecule has 2 aromatic rings. The fraction of sp³-hybridized carbons (Fsp3) is 0.364. The Kier molecular flexibility index (Phi) is 9.30. The molecule has 0 aliphatic rings. The Morgan fingerprint density at radius 3 is 2.20 bits per heavy atom. The molecule has 8 nitrogen and oxygen atoms in total. The molecule has 2 aromatic carbocycles. The Morgan fingerprint density at radius 2 is 1.60 bits per heavy atom. The Balaban J connectivity index is 1.87. The number of carbonyl (C=O) groups is 1. The number of methoxy groups -OCH3 is 3. The van der Waals surface area contributed by atoms with Gasteiger partial charge in [-0.2, -0.15) is 5.10 Å². The Hall–Kier alpha value is -3.42. The molecule has 0 unspecified atom stereocenters. The van der Waals surface area contributed by atoms with Gasteiger partial charge in [-0.05, 0) is 42.8 Å². The fourth-order valence-electron chi connectivity index (χ4n) is 2.55. The molecule has 0 bridgehead atoms. The first-order valence-corrected chi connectivity index (χ1v) is 9.59. The van der Waals surface area contributed by atoms with E-state index < -0.39 is 5.91 Å². The van der Waals surface area contributed by atoms with E-state index in [1.54, 1.807) is 24.3 Å². The number of amides is 1. The van der Waals surface area contributed by atoms with Crippen molar-refractivity contribution in [3.8, 4) is 28.7 Å². The SMILES string of the molecule is CCCCOc1ccc(OCC(=O)NN=Cc2ccc(OC)c(OC)c2OC)cc1. The van der Waals surface area contributed by atoms with Crippen LogP contribution in [0.25, 0.3) is 0 Å². The van der Waals surface area contributed by atoms with Gasteiger partial charge in [-0.15, -0.1) is 0 Å². The monoisotopic (exact) mass is 416 g/mol. The second kappa shape index (κ2) is 12.2. The van der Waals surface area contributed by atoms with E-state index in [1.165, 1.54) is 27.5 Å². The van der Waals surface area contributed by atoms with E-state index in [2.05, 4.69) is 17.5 Å². The maximum atomic E-state index is 12.0. The Bertz CT molecular complexity index is 836. The second-order valence-electron chi connectivity index (χ2n) is 6.18. The van der Waals surface area contributed by atoms with Crippen LogP contribution in [-0.4, -0.2) is 46.7 Å². The summed E-state index contributed by atoms with van der Waals surface area (Å²) in [5, 5.41) is 3.95. The summed E-state index contributed by atoms with van der Waals surface area (Å²) in [5.41, 5.74) is 3.04. The lowest BCUT2D eigenvalue weighted by Gasteiger charge is -2.13. The molecule has 0 spiro atoms. The van der Waals surface area contributed by atoms with Crippen LogP contribution in [0.5, 0.6) is 28.7 Å². The van der Waals surface area contributed by atoms with Crippen LogP contribution in [0.2, 0.25) is 0 Å². The van der Waals surface area contributed by atoms with Crippen molar-refractivity contribution in [3.63, 3.8) is 0 Å². The third-order valence-corrected chi connectivity index (χ3v) is 4.09. The lowest BCUT2D eigenvalue weighted by molar-refractivity contribution is -0.123. The van der Waals surface area contributed by atoms with E-state index in [9.17, 15) is 4.79 Å². The van der Waals surface area contributed by atoms with Crippen molar-refractivity contribution < 1.29 is 28.5 Å². The van der Waals surface area contributed by atoms with Gasteiger partial charge in [0.15, 0.2) is 18.1 Å². The highest BCUT2D eigenvalue weighted by Gasteiger charge is 2.14. The number of rotatable bonds is 12. The highest BCUT2D eigenvalue weighted by atomic mass is 16.5. The van der Waals surface area contributed by atoms with E-state index in [0.717, 1.165) is 18.6 Å². The van der Waals surface area contributed by atoms with Gasteiger partial charge in [0.05, 0.1) is 34.2 Å². The number of carbonyl (C=O) groups excluding carboxylic acids is 1. The zero-order valence-electron chi connectivity index (χ0n) is 17.8. The molecule has 8 heteroatoms. The Labute approximate surface area is 176 Å². The molecule has 0 atom stereocenters. The molecular weight excluding hydrogens is 388 g/mol. The van der Waals surface area contributed by atoms with Gasteiger partial charge in [-0.3, -0.25) is 4.79 Å². The van der Waals surface area contributed by atoms with Crippen LogP contribution < -0.4 is 29.1 Å². The first kappa shape index (κ1) is 22.9. The quantitative estimate of drug-likeness (QED) is 0.324. The van der Waals surface area contributed by atoms with Crippen LogP contribution in [0, 0.1) is 0 Å². The smallest absolute Gasteiger partial charge is 0.277 e. The number of hydrazone groups is 1. The molecule has 2 rings (SSSR count). The summed E-state index contributed by atoms with van der Waals surface area (Å²) in [6.07, 6.45) is 3.55. The molecule has 0 saturated heterocycles. The molecule has 0 aliphatic heterocycles. The molecule has 1 amide bonds. The summed E-state index contributed by atoms with van der Waals surface area (Å²) < 4.78 is 27.0. The van der Waals surface area contributed by atoms with Crippen LogP contribution >= 0.6 is 0 Å². The number of hydrogen-bond acceptors (Lipinski definition) is 7. The van der Waals surface area contributed by atoms with Crippen molar-refractivity contribution in [1.82, 2.24) is 5.43 Å². The fourth-order valence-corrected chi connectivity index (χ4v) is 2.55. The highest BCUT2D eigenvalue weighted by Crippen LogP contribution is 2.38. The lowest BCUT2D eigenvalue weighted by atomic mass is 10.2. The van der Waals surface area contributed by atoms with E-state index in [0.29, 0.717) is 35.2 Å². The topological polar surface area (TPSA) is 87.6 Å². The van der Waals surface area contributed by atoms with E-state index >= 15 is 0 Å². The normalized spacial score (nSPS) is 10.5. The summed E-state index contributed by atoms with van der Waals surface area (Å²) in [7, 11) is 4.57. The molecular formula is C22H28N2O6.